The number of hydrogen-bond donors (Lipinski definition) is 2. The molecule has 2 heterocycles. The number of rotatable bonds is 4. The summed E-state index contributed by atoms with van der Waals surface area (Å²) in [4.78, 5) is 36.7. The van der Waals surface area contributed by atoms with Crippen LogP contribution in [0.3, 0.4) is 0 Å². The summed E-state index contributed by atoms with van der Waals surface area (Å²) in [6.07, 6.45) is 3.30. The number of carbonyl (C=O) groups excluding carboxylic acids is 2. The van der Waals surface area contributed by atoms with E-state index >= 15 is 0 Å². The molecule has 8 heteroatoms. The van der Waals surface area contributed by atoms with Gasteiger partial charge >= 0.3 is 0 Å². The summed E-state index contributed by atoms with van der Waals surface area (Å²) >= 11 is 0. The third kappa shape index (κ3) is 3.21. The van der Waals surface area contributed by atoms with Crippen molar-refractivity contribution in [2.24, 2.45) is 14.1 Å². The molecule has 2 N–H and O–H groups in total. The molecule has 0 atom stereocenters. The van der Waals surface area contributed by atoms with E-state index in [2.05, 4.69) is 15.7 Å². The first-order valence-electron chi connectivity index (χ1n) is 8.13. The maximum absolute atomic E-state index is 12.6. The number of pyridine rings is 1. The highest BCUT2D eigenvalue weighted by atomic mass is 16.2. The first-order valence-corrected chi connectivity index (χ1v) is 8.13. The highest BCUT2D eigenvalue weighted by molar-refractivity contribution is 6.06. The minimum Gasteiger partial charge on any atom is -0.335 e. The summed E-state index contributed by atoms with van der Waals surface area (Å²) in [6.45, 7) is 1.76. The molecule has 8 nitrogen and oxygen atoms in total. The number of anilines is 2. The molecular weight excluding hydrogens is 334 g/mol. The molecular formula is C18H19N5O3. The lowest BCUT2D eigenvalue weighted by Crippen LogP contribution is -2.23. The van der Waals surface area contributed by atoms with E-state index in [1.807, 2.05) is 0 Å². The van der Waals surface area contributed by atoms with Crippen LogP contribution in [0.2, 0.25) is 0 Å². The van der Waals surface area contributed by atoms with Gasteiger partial charge in [0.05, 0.1) is 11.6 Å². The fourth-order valence-electron chi connectivity index (χ4n) is 2.75. The second kappa shape index (κ2) is 6.83. The van der Waals surface area contributed by atoms with Gasteiger partial charge in [0.25, 0.3) is 5.91 Å². The van der Waals surface area contributed by atoms with Gasteiger partial charge in [-0.25, -0.2) is 0 Å². The zero-order valence-electron chi connectivity index (χ0n) is 14.7. The Bertz CT molecular complexity index is 1060. The minimum absolute atomic E-state index is 0.0241. The zero-order chi connectivity index (χ0) is 18.8. The molecule has 3 aromatic rings. The quantitative estimate of drug-likeness (QED) is 0.748. The minimum atomic E-state index is -0.518. The van der Waals surface area contributed by atoms with Crippen molar-refractivity contribution in [2.45, 2.75) is 13.3 Å². The van der Waals surface area contributed by atoms with Crippen LogP contribution in [-0.2, 0) is 18.9 Å². The van der Waals surface area contributed by atoms with Crippen LogP contribution in [0.25, 0.3) is 11.0 Å². The van der Waals surface area contributed by atoms with Crippen LogP contribution in [-0.4, -0.2) is 26.2 Å². The number of carbonyl (C=O) groups is 2. The van der Waals surface area contributed by atoms with Crippen LogP contribution in [0.1, 0.15) is 23.7 Å². The summed E-state index contributed by atoms with van der Waals surface area (Å²) in [6, 6.07) is 6.76. The fourth-order valence-corrected chi connectivity index (χ4v) is 2.75. The predicted octanol–water partition coefficient (Wildman–Crippen LogP) is 1.87. The number of amides is 2. The van der Waals surface area contributed by atoms with E-state index in [0.29, 0.717) is 28.8 Å². The molecule has 134 valence electrons. The van der Waals surface area contributed by atoms with Gasteiger partial charge in [-0.1, -0.05) is 13.0 Å². The second-order valence-electron chi connectivity index (χ2n) is 5.92. The van der Waals surface area contributed by atoms with E-state index < -0.39 is 5.91 Å². The monoisotopic (exact) mass is 353 g/mol. The number of benzene rings is 1. The summed E-state index contributed by atoms with van der Waals surface area (Å²) in [5, 5.41) is 9.88. The lowest BCUT2D eigenvalue weighted by atomic mass is 10.2. The summed E-state index contributed by atoms with van der Waals surface area (Å²) in [7, 11) is 3.48. The van der Waals surface area contributed by atoms with E-state index in [1.54, 1.807) is 54.5 Å². The van der Waals surface area contributed by atoms with Crippen molar-refractivity contribution in [2.75, 3.05) is 10.6 Å². The molecule has 0 aliphatic rings. The molecule has 0 fully saturated rings. The number of hydrogen-bond acceptors (Lipinski definition) is 4. The summed E-state index contributed by atoms with van der Waals surface area (Å²) < 4.78 is 3.27. The Kier molecular flexibility index (Phi) is 4.57. The lowest BCUT2D eigenvalue weighted by Gasteiger charge is -2.10. The molecule has 26 heavy (non-hydrogen) atoms. The fraction of sp³-hybridized carbons (Fsp3) is 0.222. The number of aryl methyl sites for hydroxylation is 2. The van der Waals surface area contributed by atoms with Crippen molar-refractivity contribution >= 4 is 34.2 Å². The topological polar surface area (TPSA) is 98.0 Å². The Labute approximate surface area is 149 Å². The number of fused-ring (bicyclic) bond motifs is 1. The van der Waals surface area contributed by atoms with Gasteiger partial charge in [-0.3, -0.25) is 19.1 Å². The van der Waals surface area contributed by atoms with Gasteiger partial charge in [0.2, 0.25) is 11.3 Å². The molecule has 2 amide bonds. The molecule has 3 rings (SSSR count). The van der Waals surface area contributed by atoms with Crippen LogP contribution in [0, 0.1) is 0 Å². The molecule has 0 bridgehead atoms. The van der Waals surface area contributed by atoms with Crippen LogP contribution in [0.4, 0.5) is 11.4 Å². The van der Waals surface area contributed by atoms with E-state index in [0.717, 1.165) is 0 Å². The molecule has 2 aromatic heterocycles. The van der Waals surface area contributed by atoms with E-state index in [4.69, 9.17) is 0 Å². The number of nitrogens with one attached hydrogen (secondary N) is 2. The molecule has 0 aliphatic heterocycles. The number of nitrogens with zero attached hydrogens (tertiary/aromatic N) is 3. The molecule has 0 radical (unpaired) electrons. The van der Waals surface area contributed by atoms with Crippen LogP contribution in [0.5, 0.6) is 0 Å². The predicted molar refractivity (Wildman–Crippen MR) is 99.3 cm³/mol. The van der Waals surface area contributed by atoms with Gasteiger partial charge in [0.15, 0.2) is 0 Å². The van der Waals surface area contributed by atoms with E-state index in [1.165, 1.54) is 12.4 Å². The summed E-state index contributed by atoms with van der Waals surface area (Å²) in [5.41, 5.74) is 1.34. The van der Waals surface area contributed by atoms with Gasteiger partial charge in [0.1, 0.15) is 11.2 Å². The van der Waals surface area contributed by atoms with Gasteiger partial charge < -0.3 is 15.2 Å². The normalized spacial score (nSPS) is 10.7. The summed E-state index contributed by atoms with van der Waals surface area (Å²) in [5.74, 6) is -0.639. The smallest absolute Gasteiger partial charge is 0.261 e. The first kappa shape index (κ1) is 17.4. The SMILES string of the molecule is CCC(=O)Nc1cccc(NC(=O)c2cn(C)c3c(cnn3C)c2=O)c1. The van der Waals surface area contributed by atoms with E-state index in [9.17, 15) is 14.4 Å². The third-order valence-corrected chi connectivity index (χ3v) is 4.02. The Morgan fingerprint density at radius 1 is 1.15 bits per heavy atom. The highest BCUT2D eigenvalue weighted by Gasteiger charge is 2.17. The van der Waals surface area contributed by atoms with Gasteiger partial charge in [-0.05, 0) is 18.2 Å². The van der Waals surface area contributed by atoms with Crippen molar-refractivity contribution < 1.29 is 9.59 Å². The maximum Gasteiger partial charge on any atom is 0.261 e. The maximum atomic E-state index is 12.6. The Hall–Kier alpha value is -3.42. The Morgan fingerprint density at radius 3 is 2.54 bits per heavy atom. The second-order valence-corrected chi connectivity index (χ2v) is 5.92. The van der Waals surface area contributed by atoms with Gasteiger partial charge in [-0.2, -0.15) is 5.10 Å². The standard InChI is InChI=1S/C18H19N5O3/c1-4-15(24)20-11-6-5-7-12(8-11)21-17(26)14-10-22(2)18-13(16(14)25)9-19-23(18)3/h5-10H,4H2,1-3H3,(H,20,24)(H,21,26). The van der Waals surface area contributed by atoms with Crippen LogP contribution >= 0.6 is 0 Å². The van der Waals surface area contributed by atoms with Crippen molar-refractivity contribution in [3.63, 3.8) is 0 Å². The van der Waals surface area contributed by atoms with Crippen molar-refractivity contribution in [3.8, 4) is 0 Å². The third-order valence-electron chi connectivity index (χ3n) is 4.02. The van der Waals surface area contributed by atoms with Gasteiger partial charge in [-0.15, -0.1) is 0 Å². The average molecular weight is 353 g/mol. The molecule has 1 aromatic carbocycles. The highest BCUT2D eigenvalue weighted by Crippen LogP contribution is 2.16. The largest absolute Gasteiger partial charge is 0.335 e. The molecule has 0 saturated carbocycles. The lowest BCUT2D eigenvalue weighted by molar-refractivity contribution is -0.115. The Morgan fingerprint density at radius 2 is 1.85 bits per heavy atom. The first-order chi connectivity index (χ1) is 12.4. The van der Waals surface area contributed by atoms with Crippen molar-refractivity contribution in [3.05, 3.63) is 52.4 Å². The van der Waals surface area contributed by atoms with Crippen molar-refractivity contribution in [1.29, 1.82) is 0 Å². The average Bonchev–Trinajstić information content (AvgIpc) is 3.01. The van der Waals surface area contributed by atoms with Crippen molar-refractivity contribution in [1.82, 2.24) is 14.3 Å². The Balaban J connectivity index is 1.90. The van der Waals surface area contributed by atoms with E-state index in [-0.39, 0.29) is 16.9 Å². The van der Waals surface area contributed by atoms with Crippen LogP contribution in [0.15, 0.2) is 41.5 Å². The molecule has 0 aliphatic carbocycles. The molecule has 0 spiro atoms. The zero-order valence-corrected chi connectivity index (χ0v) is 14.7. The molecule has 0 saturated heterocycles. The van der Waals surface area contributed by atoms with Crippen LogP contribution < -0.4 is 16.1 Å². The molecule has 0 unspecified atom stereocenters. The van der Waals surface area contributed by atoms with Gasteiger partial charge in [0, 0.05) is 38.1 Å². The number of aromatic nitrogens is 3.